The van der Waals surface area contributed by atoms with Crippen LogP contribution in [0, 0.1) is 0 Å². The highest BCUT2D eigenvalue weighted by molar-refractivity contribution is 5.90. The third-order valence-corrected chi connectivity index (χ3v) is 7.16. The zero-order chi connectivity index (χ0) is 25.1. The van der Waals surface area contributed by atoms with Gasteiger partial charge in [-0.05, 0) is 43.5 Å². The Morgan fingerprint density at radius 2 is 1.92 bits per heavy atom. The maximum atomic E-state index is 12.6. The molecule has 0 unspecified atom stereocenters. The summed E-state index contributed by atoms with van der Waals surface area (Å²) in [5.41, 5.74) is 3.22. The molecule has 5 rings (SSSR count). The molecule has 4 aromatic rings. The number of pyridine rings is 2. The van der Waals surface area contributed by atoms with Crippen molar-refractivity contribution >= 4 is 33.5 Å². The number of carbonyl (C=O) groups is 1. The van der Waals surface area contributed by atoms with Gasteiger partial charge in [-0.2, -0.15) is 0 Å². The number of benzene rings is 1. The Balaban J connectivity index is 1.12. The van der Waals surface area contributed by atoms with Gasteiger partial charge < -0.3 is 19.9 Å². The minimum atomic E-state index is -0.890. The first-order valence-electron chi connectivity index (χ1n) is 12.8. The zero-order valence-electron chi connectivity index (χ0n) is 21.0. The maximum Gasteiger partial charge on any atom is 0.220 e. The average Bonchev–Trinajstić information content (AvgIpc) is 3.27. The molecule has 4 heterocycles. The van der Waals surface area contributed by atoms with Gasteiger partial charge in [0.25, 0.3) is 0 Å². The third-order valence-electron chi connectivity index (χ3n) is 7.16. The summed E-state index contributed by atoms with van der Waals surface area (Å²) in [5, 5.41) is 15.1. The van der Waals surface area contributed by atoms with Crippen LogP contribution in [-0.2, 0) is 11.3 Å². The normalized spacial score (nSPS) is 15.6. The first kappa shape index (κ1) is 24.2. The molecule has 1 fully saturated rings. The summed E-state index contributed by atoms with van der Waals surface area (Å²) < 4.78 is 2.23. The van der Waals surface area contributed by atoms with Gasteiger partial charge in [-0.25, -0.2) is 4.98 Å². The largest absolute Gasteiger partial charge is 0.388 e. The van der Waals surface area contributed by atoms with Gasteiger partial charge in [-0.3, -0.25) is 14.8 Å². The number of imidazole rings is 1. The Bertz CT molecular complexity index is 1350. The van der Waals surface area contributed by atoms with Crippen molar-refractivity contribution in [2.45, 2.75) is 57.6 Å². The van der Waals surface area contributed by atoms with Crippen LogP contribution in [0.1, 0.15) is 51.3 Å². The second kappa shape index (κ2) is 10.2. The molecule has 0 bridgehead atoms. The molecule has 8 nitrogen and oxygen atoms in total. The fraction of sp³-hybridized carbons (Fsp3) is 0.429. The van der Waals surface area contributed by atoms with E-state index in [0.29, 0.717) is 38.3 Å². The predicted octanol–water partition coefficient (Wildman–Crippen LogP) is 4.03. The molecule has 0 saturated carbocycles. The van der Waals surface area contributed by atoms with Crippen LogP contribution >= 0.6 is 0 Å². The van der Waals surface area contributed by atoms with E-state index in [-0.39, 0.29) is 12.5 Å². The van der Waals surface area contributed by atoms with Gasteiger partial charge in [0.15, 0.2) is 0 Å². The number of aromatic nitrogens is 4. The standard InChI is InChI=1S/C28H34N6O2/c1-20(2)27-32-23-6-3-4-7-25(23)34(27)15-5-8-26(35)31-19-28(36)11-16-33(17-12-28)24-10-14-30-22-9-13-29-18-21(22)24/h3-4,6-7,9-10,13-14,18,20,36H,5,8,11-12,15-17,19H2,1-2H3,(H,31,35). The molecule has 0 atom stereocenters. The van der Waals surface area contributed by atoms with Crippen molar-refractivity contribution < 1.29 is 9.90 Å². The topological polar surface area (TPSA) is 96.2 Å². The molecular formula is C28H34N6O2. The Morgan fingerprint density at radius 1 is 1.11 bits per heavy atom. The summed E-state index contributed by atoms with van der Waals surface area (Å²) in [6.07, 6.45) is 7.73. The fourth-order valence-electron chi connectivity index (χ4n) is 5.11. The van der Waals surface area contributed by atoms with Gasteiger partial charge in [0.2, 0.25) is 5.91 Å². The lowest BCUT2D eigenvalue weighted by Gasteiger charge is -2.39. The van der Waals surface area contributed by atoms with E-state index in [4.69, 9.17) is 4.98 Å². The van der Waals surface area contributed by atoms with E-state index < -0.39 is 5.60 Å². The SMILES string of the molecule is CC(C)c1nc2ccccc2n1CCCC(=O)NCC1(O)CCN(c2ccnc3ccncc23)CC1. The number of hydrogen-bond donors (Lipinski definition) is 2. The Hall–Kier alpha value is -3.52. The number of nitrogens with one attached hydrogen (secondary N) is 1. The highest BCUT2D eigenvalue weighted by Gasteiger charge is 2.33. The Morgan fingerprint density at radius 3 is 2.72 bits per heavy atom. The number of anilines is 1. The first-order valence-corrected chi connectivity index (χ1v) is 12.8. The molecule has 0 spiro atoms. The lowest BCUT2D eigenvalue weighted by Crippen LogP contribution is -2.51. The van der Waals surface area contributed by atoms with E-state index in [1.807, 2.05) is 42.7 Å². The van der Waals surface area contributed by atoms with Crippen LogP contribution in [0.4, 0.5) is 5.69 Å². The second-order valence-corrected chi connectivity index (χ2v) is 10.1. The first-order chi connectivity index (χ1) is 17.4. The molecule has 0 aliphatic carbocycles. The molecule has 1 amide bonds. The van der Waals surface area contributed by atoms with Crippen molar-refractivity contribution in [1.82, 2.24) is 24.8 Å². The Kier molecular flexibility index (Phi) is 6.87. The summed E-state index contributed by atoms with van der Waals surface area (Å²) in [7, 11) is 0. The van der Waals surface area contributed by atoms with Gasteiger partial charge in [0.1, 0.15) is 5.82 Å². The number of carbonyl (C=O) groups excluding carboxylic acids is 1. The zero-order valence-corrected chi connectivity index (χ0v) is 21.0. The molecule has 0 radical (unpaired) electrons. The van der Waals surface area contributed by atoms with Crippen LogP contribution in [0.2, 0.25) is 0 Å². The molecule has 1 aliphatic heterocycles. The highest BCUT2D eigenvalue weighted by Crippen LogP contribution is 2.30. The fourth-order valence-corrected chi connectivity index (χ4v) is 5.11. The molecule has 1 aromatic carbocycles. The number of aryl methyl sites for hydroxylation is 1. The van der Waals surface area contributed by atoms with Crippen LogP contribution in [0.3, 0.4) is 0 Å². The highest BCUT2D eigenvalue weighted by atomic mass is 16.3. The van der Waals surface area contributed by atoms with E-state index in [9.17, 15) is 9.90 Å². The van der Waals surface area contributed by atoms with Crippen molar-refractivity contribution in [2.24, 2.45) is 0 Å². The number of hydrogen-bond acceptors (Lipinski definition) is 6. The van der Waals surface area contributed by atoms with Gasteiger partial charge in [0, 0.05) is 68.2 Å². The number of aliphatic hydroxyl groups is 1. The van der Waals surface area contributed by atoms with E-state index in [1.54, 1.807) is 6.20 Å². The average molecular weight is 487 g/mol. The van der Waals surface area contributed by atoms with E-state index in [0.717, 1.165) is 46.4 Å². The van der Waals surface area contributed by atoms with Crippen LogP contribution < -0.4 is 10.2 Å². The van der Waals surface area contributed by atoms with Crippen molar-refractivity contribution in [1.29, 1.82) is 0 Å². The molecule has 2 N–H and O–H groups in total. The van der Waals surface area contributed by atoms with Gasteiger partial charge >= 0.3 is 0 Å². The van der Waals surface area contributed by atoms with Crippen molar-refractivity contribution in [3.8, 4) is 0 Å². The van der Waals surface area contributed by atoms with Crippen molar-refractivity contribution in [3.63, 3.8) is 0 Å². The number of piperidine rings is 1. The van der Waals surface area contributed by atoms with Gasteiger partial charge in [-0.15, -0.1) is 0 Å². The van der Waals surface area contributed by atoms with Crippen LogP contribution in [0.25, 0.3) is 21.9 Å². The summed E-state index contributed by atoms with van der Waals surface area (Å²) in [5.74, 6) is 1.34. The second-order valence-electron chi connectivity index (χ2n) is 10.1. The van der Waals surface area contributed by atoms with Crippen molar-refractivity contribution in [3.05, 3.63) is 60.8 Å². The lowest BCUT2D eigenvalue weighted by molar-refractivity contribution is -0.122. The van der Waals surface area contributed by atoms with Gasteiger partial charge in [0.05, 0.1) is 22.2 Å². The summed E-state index contributed by atoms with van der Waals surface area (Å²) in [6, 6.07) is 12.1. The number of fused-ring (bicyclic) bond motifs is 2. The summed E-state index contributed by atoms with van der Waals surface area (Å²) in [4.78, 5) is 28.3. The molecule has 188 valence electrons. The van der Waals surface area contributed by atoms with Crippen LogP contribution in [0.5, 0.6) is 0 Å². The third kappa shape index (κ3) is 5.04. The van der Waals surface area contributed by atoms with E-state index in [1.165, 1.54) is 0 Å². The number of amides is 1. The Labute approximate surface area is 211 Å². The van der Waals surface area contributed by atoms with Gasteiger partial charge in [-0.1, -0.05) is 26.0 Å². The minimum Gasteiger partial charge on any atom is -0.388 e. The lowest BCUT2D eigenvalue weighted by atomic mass is 9.91. The molecule has 8 heteroatoms. The number of nitrogens with zero attached hydrogens (tertiary/aromatic N) is 5. The number of rotatable bonds is 8. The van der Waals surface area contributed by atoms with Crippen LogP contribution in [-0.4, -0.2) is 55.8 Å². The summed E-state index contributed by atoms with van der Waals surface area (Å²) >= 11 is 0. The van der Waals surface area contributed by atoms with E-state index >= 15 is 0 Å². The smallest absolute Gasteiger partial charge is 0.220 e. The number of para-hydroxylation sites is 2. The quantitative estimate of drug-likeness (QED) is 0.390. The molecular weight excluding hydrogens is 452 g/mol. The molecule has 36 heavy (non-hydrogen) atoms. The maximum absolute atomic E-state index is 12.6. The predicted molar refractivity (Wildman–Crippen MR) is 142 cm³/mol. The minimum absolute atomic E-state index is 0.0208. The summed E-state index contributed by atoms with van der Waals surface area (Å²) in [6.45, 7) is 6.74. The van der Waals surface area contributed by atoms with Crippen LogP contribution in [0.15, 0.2) is 55.0 Å². The van der Waals surface area contributed by atoms with E-state index in [2.05, 4.69) is 44.7 Å². The molecule has 3 aromatic heterocycles. The molecule has 1 aliphatic rings. The monoisotopic (exact) mass is 486 g/mol. The molecule has 1 saturated heterocycles. The van der Waals surface area contributed by atoms with Crippen molar-refractivity contribution in [2.75, 3.05) is 24.5 Å².